The van der Waals surface area contributed by atoms with Gasteiger partial charge in [0.15, 0.2) is 14.7 Å². The smallest absolute Gasteiger partial charge is 0.166 e. The zero-order chi connectivity index (χ0) is 22.5. The molecule has 2 nitrogen and oxygen atoms in total. The first-order valence-electron chi connectivity index (χ1n) is 10.9. The molecule has 1 unspecified atom stereocenters. The van der Waals surface area contributed by atoms with Gasteiger partial charge >= 0.3 is 0 Å². The van der Waals surface area contributed by atoms with Gasteiger partial charge in [-0.25, -0.2) is 0 Å². The van der Waals surface area contributed by atoms with E-state index < -0.39 is 0 Å². The first-order chi connectivity index (χ1) is 16.3. The number of aromatic hydroxyl groups is 1. The van der Waals surface area contributed by atoms with Gasteiger partial charge in [0.25, 0.3) is 0 Å². The van der Waals surface area contributed by atoms with Gasteiger partial charge in [0.05, 0.1) is 10.9 Å². The Balaban J connectivity index is 1.57. The summed E-state index contributed by atoms with van der Waals surface area (Å²) in [5.41, 5.74) is 3.35. The van der Waals surface area contributed by atoms with Crippen molar-refractivity contribution in [2.45, 2.75) is 14.7 Å². The SMILES string of the molecule is Oc1ccc([S+](c2ccccc2)c2ccc(N(c3ccccc3)c3ccccc3)cc2)cc1. The summed E-state index contributed by atoms with van der Waals surface area (Å²) < 4.78 is 0. The van der Waals surface area contributed by atoms with Crippen LogP contribution in [0.1, 0.15) is 0 Å². The van der Waals surface area contributed by atoms with Gasteiger partial charge in [-0.3, -0.25) is 0 Å². The highest BCUT2D eigenvalue weighted by atomic mass is 32.2. The summed E-state index contributed by atoms with van der Waals surface area (Å²) in [6.07, 6.45) is 0. The van der Waals surface area contributed by atoms with Gasteiger partial charge < -0.3 is 10.0 Å². The van der Waals surface area contributed by atoms with Crippen LogP contribution in [0.2, 0.25) is 0 Å². The second kappa shape index (κ2) is 9.68. The maximum absolute atomic E-state index is 9.79. The molecule has 0 spiro atoms. The lowest BCUT2D eigenvalue weighted by molar-refractivity contribution is 0.475. The van der Waals surface area contributed by atoms with Gasteiger partial charge in [0.2, 0.25) is 0 Å². The molecule has 1 atom stereocenters. The highest BCUT2D eigenvalue weighted by Crippen LogP contribution is 2.37. The number of hydrogen-bond donors (Lipinski definition) is 1. The predicted octanol–water partition coefficient (Wildman–Crippen LogP) is 7.96. The summed E-state index contributed by atoms with van der Waals surface area (Å²) in [5, 5.41) is 9.79. The van der Waals surface area contributed by atoms with Gasteiger partial charge in [0, 0.05) is 17.1 Å². The summed E-state index contributed by atoms with van der Waals surface area (Å²) in [6, 6.07) is 47.8. The Hall–Kier alpha value is -3.95. The molecule has 0 bridgehead atoms. The van der Waals surface area contributed by atoms with Crippen molar-refractivity contribution >= 4 is 28.0 Å². The minimum atomic E-state index is -0.263. The molecule has 0 fully saturated rings. The Morgan fingerprint density at radius 1 is 0.394 bits per heavy atom. The molecule has 3 heteroatoms. The molecule has 0 aromatic heterocycles. The van der Waals surface area contributed by atoms with Crippen molar-refractivity contribution in [2.24, 2.45) is 0 Å². The monoisotopic (exact) mass is 446 g/mol. The second-order valence-electron chi connectivity index (χ2n) is 7.61. The molecular weight excluding hydrogens is 422 g/mol. The van der Waals surface area contributed by atoms with E-state index in [1.165, 1.54) is 14.7 Å². The van der Waals surface area contributed by atoms with Crippen LogP contribution in [-0.2, 0) is 10.9 Å². The van der Waals surface area contributed by atoms with E-state index in [9.17, 15) is 5.11 Å². The first kappa shape index (κ1) is 20.9. The van der Waals surface area contributed by atoms with E-state index in [2.05, 4.69) is 102 Å². The molecule has 0 aliphatic rings. The summed E-state index contributed by atoms with van der Waals surface area (Å²) in [6.45, 7) is 0. The van der Waals surface area contributed by atoms with Crippen molar-refractivity contribution in [1.29, 1.82) is 0 Å². The first-order valence-corrected chi connectivity index (χ1v) is 12.1. The molecule has 0 saturated carbocycles. The largest absolute Gasteiger partial charge is 0.508 e. The summed E-state index contributed by atoms with van der Waals surface area (Å²) in [4.78, 5) is 5.93. The van der Waals surface area contributed by atoms with Crippen molar-refractivity contribution in [3.63, 3.8) is 0 Å². The van der Waals surface area contributed by atoms with E-state index in [1.807, 2.05) is 30.3 Å². The minimum Gasteiger partial charge on any atom is -0.508 e. The number of nitrogens with zero attached hydrogens (tertiary/aromatic N) is 1. The van der Waals surface area contributed by atoms with Gasteiger partial charge in [-0.15, -0.1) is 0 Å². The lowest BCUT2D eigenvalue weighted by Gasteiger charge is -2.25. The van der Waals surface area contributed by atoms with Gasteiger partial charge in [-0.05, 0) is 84.9 Å². The maximum Gasteiger partial charge on any atom is 0.166 e. The summed E-state index contributed by atoms with van der Waals surface area (Å²) in [5.74, 6) is 0.284. The van der Waals surface area contributed by atoms with Gasteiger partial charge in [-0.1, -0.05) is 54.6 Å². The van der Waals surface area contributed by atoms with Crippen LogP contribution in [0, 0.1) is 0 Å². The quantitative estimate of drug-likeness (QED) is 0.267. The topological polar surface area (TPSA) is 23.5 Å². The summed E-state index contributed by atoms with van der Waals surface area (Å²) in [7, 11) is -0.263. The van der Waals surface area contributed by atoms with E-state index in [0.29, 0.717) is 0 Å². The number of para-hydroxylation sites is 2. The lowest BCUT2D eigenvalue weighted by atomic mass is 10.2. The molecule has 0 aliphatic heterocycles. The minimum absolute atomic E-state index is 0.263. The molecule has 160 valence electrons. The van der Waals surface area contributed by atoms with Crippen LogP contribution in [0.3, 0.4) is 0 Å². The fourth-order valence-corrected chi connectivity index (χ4v) is 5.94. The van der Waals surface area contributed by atoms with E-state index in [4.69, 9.17) is 0 Å². The second-order valence-corrected chi connectivity index (χ2v) is 9.64. The third-order valence-electron chi connectivity index (χ3n) is 5.41. The fraction of sp³-hybridized carbons (Fsp3) is 0. The Morgan fingerprint density at radius 3 is 1.24 bits per heavy atom. The molecule has 0 heterocycles. The van der Waals surface area contributed by atoms with Crippen molar-refractivity contribution in [3.8, 4) is 5.75 Å². The number of rotatable bonds is 6. The molecular formula is C30H24NOS+. The fourth-order valence-electron chi connectivity index (χ4n) is 3.88. The number of anilines is 3. The highest BCUT2D eigenvalue weighted by molar-refractivity contribution is 7.97. The van der Waals surface area contributed by atoms with Crippen molar-refractivity contribution in [1.82, 2.24) is 0 Å². The average Bonchev–Trinajstić information content (AvgIpc) is 2.88. The van der Waals surface area contributed by atoms with Gasteiger partial charge in [0.1, 0.15) is 5.75 Å². The third kappa shape index (κ3) is 4.64. The molecule has 0 amide bonds. The zero-order valence-electron chi connectivity index (χ0n) is 18.1. The van der Waals surface area contributed by atoms with E-state index in [1.54, 1.807) is 12.1 Å². The standard InChI is InChI=1S/C30H23NOS/c32-27-18-22-30(23-19-27)33(28-14-8-3-9-15-28)29-20-16-26(17-21-29)31(24-10-4-1-5-11-24)25-12-6-2-7-13-25/h1-23H/p+1. The Bertz CT molecular complexity index is 1250. The van der Waals surface area contributed by atoms with Crippen LogP contribution in [0.15, 0.2) is 154 Å². The van der Waals surface area contributed by atoms with E-state index in [0.717, 1.165) is 17.1 Å². The predicted molar refractivity (Wildman–Crippen MR) is 138 cm³/mol. The van der Waals surface area contributed by atoms with Crippen LogP contribution in [0.4, 0.5) is 17.1 Å². The normalized spacial score (nSPS) is 11.6. The third-order valence-corrected chi connectivity index (χ3v) is 7.64. The van der Waals surface area contributed by atoms with Gasteiger partial charge in [-0.2, -0.15) is 0 Å². The number of phenols is 1. The van der Waals surface area contributed by atoms with Crippen molar-refractivity contribution < 1.29 is 5.11 Å². The van der Waals surface area contributed by atoms with Crippen LogP contribution >= 0.6 is 0 Å². The number of hydrogen-bond acceptors (Lipinski definition) is 2. The summed E-state index contributed by atoms with van der Waals surface area (Å²) >= 11 is 0. The van der Waals surface area contributed by atoms with Crippen LogP contribution in [-0.4, -0.2) is 5.11 Å². The number of benzene rings is 5. The average molecular weight is 447 g/mol. The molecule has 33 heavy (non-hydrogen) atoms. The van der Waals surface area contributed by atoms with Crippen LogP contribution in [0.5, 0.6) is 5.75 Å². The van der Waals surface area contributed by atoms with Crippen molar-refractivity contribution in [3.05, 3.63) is 140 Å². The van der Waals surface area contributed by atoms with Crippen molar-refractivity contribution in [2.75, 3.05) is 4.90 Å². The molecule has 5 aromatic rings. The van der Waals surface area contributed by atoms with Crippen LogP contribution < -0.4 is 4.90 Å². The molecule has 0 radical (unpaired) electrons. The Labute approximate surface area is 197 Å². The highest BCUT2D eigenvalue weighted by Gasteiger charge is 2.28. The van der Waals surface area contributed by atoms with E-state index in [-0.39, 0.29) is 16.6 Å². The molecule has 1 N–H and O–H groups in total. The lowest BCUT2D eigenvalue weighted by Crippen LogP contribution is -2.10. The Morgan fingerprint density at radius 2 is 0.758 bits per heavy atom. The molecule has 0 saturated heterocycles. The van der Waals surface area contributed by atoms with E-state index >= 15 is 0 Å². The molecule has 5 rings (SSSR count). The number of phenolic OH excluding ortho intramolecular Hbond substituents is 1. The zero-order valence-corrected chi connectivity index (χ0v) is 18.9. The maximum atomic E-state index is 9.79. The van der Waals surface area contributed by atoms with Crippen LogP contribution in [0.25, 0.3) is 0 Å². The molecule has 0 aliphatic carbocycles. The Kier molecular flexibility index (Phi) is 6.14. The molecule has 5 aromatic carbocycles.